The number of carbonyl (C=O) groups is 1. The van der Waals surface area contributed by atoms with Crippen LogP contribution in [0.15, 0.2) is 18.2 Å². The third kappa shape index (κ3) is 4.15. The number of amides is 1. The van der Waals surface area contributed by atoms with Gasteiger partial charge in [0.1, 0.15) is 5.82 Å². The number of halogens is 2. The zero-order valence-corrected chi connectivity index (χ0v) is 12.9. The lowest BCUT2D eigenvalue weighted by atomic mass is 10.0. The summed E-state index contributed by atoms with van der Waals surface area (Å²) in [4.78, 5) is 12.0. The van der Waals surface area contributed by atoms with E-state index in [1.54, 1.807) is 0 Å². The molecule has 1 fully saturated rings. The van der Waals surface area contributed by atoms with Crippen molar-refractivity contribution in [1.29, 1.82) is 0 Å². The molecule has 1 aliphatic rings. The molecule has 0 aromatic heterocycles. The maximum Gasteiger partial charge on any atom is 0.255 e. The first kappa shape index (κ1) is 16.2. The largest absolute Gasteiger partial charge is 0.352 e. The predicted molar refractivity (Wildman–Crippen MR) is 77.8 cm³/mol. The second kappa shape index (κ2) is 6.73. The van der Waals surface area contributed by atoms with Crippen LogP contribution in [0, 0.1) is 11.7 Å². The SMILES string of the molecule is CC(CNC(=O)c1c(F)cccc1Cl)CC1(C)OCCO1. The molecule has 1 N–H and O–H groups in total. The van der Waals surface area contributed by atoms with Gasteiger partial charge in [-0.25, -0.2) is 4.39 Å². The van der Waals surface area contributed by atoms with Crippen molar-refractivity contribution in [1.82, 2.24) is 5.32 Å². The van der Waals surface area contributed by atoms with Crippen molar-refractivity contribution in [2.75, 3.05) is 19.8 Å². The molecule has 116 valence electrons. The fourth-order valence-corrected chi connectivity index (χ4v) is 2.70. The summed E-state index contributed by atoms with van der Waals surface area (Å²) in [5, 5.41) is 2.80. The molecule has 6 heteroatoms. The summed E-state index contributed by atoms with van der Waals surface area (Å²) in [5.74, 6) is -1.60. The Morgan fingerprint density at radius 3 is 2.76 bits per heavy atom. The fraction of sp³-hybridized carbons (Fsp3) is 0.533. The second-order valence-electron chi connectivity index (χ2n) is 5.45. The van der Waals surface area contributed by atoms with Gasteiger partial charge in [0.25, 0.3) is 5.91 Å². The van der Waals surface area contributed by atoms with Crippen LogP contribution in [0.1, 0.15) is 30.6 Å². The molecule has 1 aromatic carbocycles. The Balaban J connectivity index is 1.89. The van der Waals surface area contributed by atoms with E-state index in [4.69, 9.17) is 21.1 Å². The highest BCUT2D eigenvalue weighted by molar-refractivity contribution is 6.33. The number of hydrogen-bond donors (Lipinski definition) is 1. The van der Waals surface area contributed by atoms with Gasteiger partial charge in [-0.3, -0.25) is 4.79 Å². The highest BCUT2D eigenvalue weighted by atomic mass is 35.5. The monoisotopic (exact) mass is 315 g/mol. The first-order valence-corrected chi connectivity index (χ1v) is 7.29. The van der Waals surface area contributed by atoms with Crippen molar-refractivity contribution in [2.45, 2.75) is 26.1 Å². The normalized spacial score (nSPS) is 18.5. The van der Waals surface area contributed by atoms with Crippen molar-refractivity contribution in [2.24, 2.45) is 5.92 Å². The maximum atomic E-state index is 13.6. The molecule has 0 bridgehead atoms. The van der Waals surface area contributed by atoms with E-state index in [-0.39, 0.29) is 16.5 Å². The molecule has 1 aliphatic heterocycles. The minimum Gasteiger partial charge on any atom is -0.352 e. The van der Waals surface area contributed by atoms with Gasteiger partial charge in [0, 0.05) is 13.0 Å². The summed E-state index contributed by atoms with van der Waals surface area (Å²) in [5.41, 5.74) is -0.119. The molecule has 0 aliphatic carbocycles. The lowest BCUT2D eigenvalue weighted by Gasteiger charge is -2.26. The molecule has 4 nitrogen and oxygen atoms in total. The number of benzene rings is 1. The van der Waals surface area contributed by atoms with Crippen LogP contribution in [0.5, 0.6) is 0 Å². The van der Waals surface area contributed by atoms with E-state index in [0.717, 1.165) is 0 Å². The molecule has 1 atom stereocenters. The van der Waals surface area contributed by atoms with Gasteiger partial charge in [-0.1, -0.05) is 24.6 Å². The Labute approximate surface area is 128 Å². The van der Waals surface area contributed by atoms with Gasteiger partial charge < -0.3 is 14.8 Å². The van der Waals surface area contributed by atoms with Gasteiger partial charge in [0.15, 0.2) is 5.79 Å². The van der Waals surface area contributed by atoms with Crippen LogP contribution in [-0.4, -0.2) is 31.5 Å². The summed E-state index contributed by atoms with van der Waals surface area (Å²) in [6, 6.07) is 4.17. The number of rotatable bonds is 5. The standard InChI is InChI=1S/C15H19ClFNO3/c1-10(8-15(2)20-6-7-21-15)9-18-14(19)13-11(16)4-3-5-12(13)17/h3-5,10H,6-9H2,1-2H3,(H,18,19). The van der Waals surface area contributed by atoms with E-state index in [0.29, 0.717) is 26.2 Å². The zero-order chi connectivity index (χ0) is 15.5. The van der Waals surface area contributed by atoms with E-state index in [9.17, 15) is 9.18 Å². The van der Waals surface area contributed by atoms with E-state index in [1.165, 1.54) is 18.2 Å². The van der Waals surface area contributed by atoms with Crippen molar-refractivity contribution in [3.05, 3.63) is 34.6 Å². The summed E-state index contributed by atoms with van der Waals surface area (Å²) in [6.07, 6.45) is 0.651. The smallest absolute Gasteiger partial charge is 0.255 e. The molecular weight excluding hydrogens is 297 g/mol. The number of nitrogens with one attached hydrogen (secondary N) is 1. The Hall–Kier alpha value is -1.17. The van der Waals surface area contributed by atoms with Crippen molar-refractivity contribution >= 4 is 17.5 Å². The molecule has 1 heterocycles. The lowest BCUT2D eigenvalue weighted by molar-refractivity contribution is -0.153. The molecule has 0 spiro atoms. The Morgan fingerprint density at radius 2 is 2.14 bits per heavy atom. The third-order valence-corrected chi connectivity index (χ3v) is 3.73. The minimum absolute atomic E-state index is 0.106. The highest BCUT2D eigenvalue weighted by Crippen LogP contribution is 2.26. The molecule has 1 unspecified atom stereocenters. The number of ether oxygens (including phenoxy) is 2. The lowest BCUT2D eigenvalue weighted by Crippen LogP contribution is -2.34. The van der Waals surface area contributed by atoms with Gasteiger partial charge in [-0.05, 0) is 25.0 Å². The minimum atomic E-state index is -0.623. The summed E-state index contributed by atoms with van der Waals surface area (Å²) >= 11 is 5.86. The van der Waals surface area contributed by atoms with Crippen molar-refractivity contribution in [3.8, 4) is 0 Å². The van der Waals surface area contributed by atoms with E-state index in [1.807, 2.05) is 13.8 Å². The zero-order valence-electron chi connectivity index (χ0n) is 12.1. The van der Waals surface area contributed by atoms with E-state index in [2.05, 4.69) is 5.32 Å². The summed E-state index contributed by atoms with van der Waals surface area (Å²) in [6.45, 7) is 5.41. The third-order valence-electron chi connectivity index (χ3n) is 3.42. The molecule has 0 radical (unpaired) electrons. The van der Waals surface area contributed by atoms with Crippen molar-refractivity contribution in [3.63, 3.8) is 0 Å². The van der Waals surface area contributed by atoms with Crippen molar-refractivity contribution < 1.29 is 18.7 Å². The Kier molecular flexibility index (Phi) is 5.19. The van der Waals surface area contributed by atoms with Crippen LogP contribution in [-0.2, 0) is 9.47 Å². The molecule has 21 heavy (non-hydrogen) atoms. The quantitative estimate of drug-likeness (QED) is 0.908. The summed E-state index contributed by atoms with van der Waals surface area (Å²) < 4.78 is 24.7. The predicted octanol–water partition coefficient (Wildman–Crippen LogP) is 3.00. The molecule has 0 saturated carbocycles. The van der Waals surface area contributed by atoms with E-state index >= 15 is 0 Å². The van der Waals surface area contributed by atoms with Crippen LogP contribution in [0.2, 0.25) is 5.02 Å². The van der Waals surface area contributed by atoms with Crippen LogP contribution >= 0.6 is 11.6 Å². The second-order valence-corrected chi connectivity index (χ2v) is 5.85. The first-order valence-electron chi connectivity index (χ1n) is 6.91. The first-order chi connectivity index (χ1) is 9.91. The van der Waals surface area contributed by atoms with Crippen LogP contribution in [0.3, 0.4) is 0 Å². The fourth-order valence-electron chi connectivity index (χ4n) is 2.45. The molecule has 1 amide bonds. The topological polar surface area (TPSA) is 47.6 Å². The highest BCUT2D eigenvalue weighted by Gasteiger charge is 2.32. The van der Waals surface area contributed by atoms with Gasteiger partial charge in [0.2, 0.25) is 0 Å². The van der Waals surface area contributed by atoms with Crippen LogP contribution < -0.4 is 5.32 Å². The summed E-state index contributed by atoms with van der Waals surface area (Å²) in [7, 11) is 0. The van der Waals surface area contributed by atoms with Crippen LogP contribution in [0.4, 0.5) is 4.39 Å². The van der Waals surface area contributed by atoms with Gasteiger partial charge in [-0.15, -0.1) is 0 Å². The van der Waals surface area contributed by atoms with Gasteiger partial charge in [-0.2, -0.15) is 0 Å². The van der Waals surface area contributed by atoms with Crippen LogP contribution in [0.25, 0.3) is 0 Å². The maximum absolute atomic E-state index is 13.6. The Bertz CT molecular complexity index is 497. The van der Waals surface area contributed by atoms with Gasteiger partial charge in [0.05, 0.1) is 23.8 Å². The van der Waals surface area contributed by atoms with Gasteiger partial charge >= 0.3 is 0 Å². The number of hydrogen-bond acceptors (Lipinski definition) is 3. The number of carbonyl (C=O) groups excluding carboxylic acids is 1. The molecule has 1 saturated heterocycles. The average molecular weight is 316 g/mol. The Morgan fingerprint density at radius 1 is 1.48 bits per heavy atom. The molecule has 1 aromatic rings. The van der Waals surface area contributed by atoms with E-state index < -0.39 is 17.5 Å². The molecule has 2 rings (SSSR count). The average Bonchev–Trinajstić information content (AvgIpc) is 2.82. The molecular formula is C15H19ClFNO3.